The van der Waals surface area contributed by atoms with Crippen LogP contribution in [0.25, 0.3) is 0 Å². The van der Waals surface area contributed by atoms with E-state index in [9.17, 15) is 9.59 Å². The van der Waals surface area contributed by atoms with E-state index < -0.39 is 5.97 Å². The maximum atomic E-state index is 12.4. The van der Waals surface area contributed by atoms with Gasteiger partial charge in [-0.2, -0.15) is 0 Å². The van der Waals surface area contributed by atoms with Crippen LogP contribution in [0.1, 0.15) is 44.9 Å². The number of likely N-dealkylation sites (N-methyl/N-ethyl adjacent to an activating group) is 1. The van der Waals surface area contributed by atoms with Crippen LogP contribution < -0.4 is 0 Å². The molecule has 2 fully saturated rings. The van der Waals surface area contributed by atoms with Crippen molar-refractivity contribution in [3.05, 3.63) is 0 Å². The number of rotatable bonds is 5. The molecular formula is C14H23NO4. The minimum absolute atomic E-state index is 0.0682. The molecule has 1 aliphatic carbocycles. The van der Waals surface area contributed by atoms with Gasteiger partial charge in [-0.1, -0.05) is 12.8 Å². The molecule has 2 aliphatic rings. The summed E-state index contributed by atoms with van der Waals surface area (Å²) in [5.74, 6) is -0.722. The van der Waals surface area contributed by atoms with Gasteiger partial charge in [-0.15, -0.1) is 0 Å². The van der Waals surface area contributed by atoms with E-state index in [-0.39, 0.29) is 23.8 Å². The van der Waals surface area contributed by atoms with Crippen molar-refractivity contribution in [2.45, 2.75) is 51.0 Å². The van der Waals surface area contributed by atoms with Gasteiger partial charge in [-0.25, -0.2) is 0 Å². The topological polar surface area (TPSA) is 66.8 Å². The first kappa shape index (κ1) is 14.3. The number of amides is 1. The lowest BCUT2D eigenvalue weighted by Crippen LogP contribution is -2.40. The molecule has 5 heteroatoms. The first-order chi connectivity index (χ1) is 9.02. The lowest BCUT2D eigenvalue weighted by molar-refractivity contribution is -0.141. The van der Waals surface area contributed by atoms with Crippen LogP contribution in [0, 0.1) is 5.41 Å². The highest BCUT2D eigenvalue weighted by molar-refractivity contribution is 5.78. The Bertz CT molecular complexity index is 343. The van der Waals surface area contributed by atoms with E-state index in [1.54, 1.807) is 4.90 Å². The van der Waals surface area contributed by atoms with E-state index in [1.165, 1.54) is 0 Å². The summed E-state index contributed by atoms with van der Waals surface area (Å²) in [4.78, 5) is 25.1. The van der Waals surface area contributed by atoms with Crippen molar-refractivity contribution in [2.24, 2.45) is 5.41 Å². The van der Waals surface area contributed by atoms with Gasteiger partial charge in [0.25, 0.3) is 0 Å². The second-order valence-electron chi connectivity index (χ2n) is 5.98. The number of aliphatic carboxylic acids is 1. The van der Waals surface area contributed by atoms with Gasteiger partial charge in [0.15, 0.2) is 0 Å². The molecule has 1 heterocycles. The van der Waals surface area contributed by atoms with Crippen LogP contribution in [0.3, 0.4) is 0 Å². The monoisotopic (exact) mass is 269 g/mol. The Hall–Kier alpha value is -1.10. The summed E-state index contributed by atoms with van der Waals surface area (Å²) in [5.41, 5.74) is -0.309. The molecule has 1 saturated heterocycles. The Morgan fingerprint density at radius 1 is 1.32 bits per heavy atom. The van der Waals surface area contributed by atoms with Crippen LogP contribution in [0.15, 0.2) is 0 Å². The molecule has 1 aliphatic heterocycles. The van der Waals surface area contributed by atoms with Crippen LogP contribution in [-0.4, -0.2) is 48.2 Å². The summed E-state index contributed by atoms with van der Waals surface area (Å²) >= 11 is 0. The van der Waals surface area contributed by atoms with Crippen molar-refractivity contribution in [3.8, 4) is 0 Å². The molecule has 1 N–H and O–H groups in total. The molecule has 1 saturated carbocycles. The third kappa shape index (κ3) is 3.47. The minimum Gasteiger partial charge on any atom is -0.481 e. The summed E-state index contributed by atoms with van der Waals surface area (Å²) in [6.07, 6.45) is 5.17. The van der Waals surface area contributed by atoms with Crippen molar-refractivity contribution in [1.82, 2.24) is 4.90 Å². The van der Waals surface area contributed by atoms with E-state index in [4.69, 9.17) is 9.84 Å². The predicted octanol–water partition coefficient (Wildman–Crippen LogP) is 1.66. The highest BCUT2D eigenvalue weighted by Crippen LogP contribution is 2.44. The van der Waals surface area contributed by atoms with Crippen LogP contribution in [0.5, 0.6) is 0 Å². The van der Waals surface area contributed by atoms with Crippen molar-refractivity contribution in [2.75, 3.05) is 20.3 Å². The fraction of sp³-hybridized carbons (Fsp3) is 0.857. The largest absolute Gasteiger partial charge is 0.481 e. The average molecular weight is 269 g/mol. The SMILES string of the molecule is CN(C(=O)CC1(CC(=O)O)CCCC1)C1CCOC1. The fourth-order valence-corrected chi connectivity index (χ4v) is 3.34. The first-order valence-corrected chi connectivity index (χ1v) is 7.08. The van der Waals surface area contributed by atoms with E-state index in [1.807, 2.05) is 7.05 Å². The number of carboxylic acid groups (broad SMARTS) is 1. The molecule has 108 valence electrons. The smallest absolute Gasteiger partial charge is 0.303 e. The Kier molecular flexibility index (Phi) is 4.45. The Labute approximate surface area is 113 Å². The summed E-state index contributed by atoms with van der Waals surface area (Å²) < 4.78 is 5.30. The highest BCUT2D eigenvalue weighted by atomic mass is 16.5. The summed E-state index contributed by atoms with van der Waals surface area (Å²) in [7, 11) is 1.81. The Morgan fingerprint density at radius 3 is 2.53 bits per heavy atom. The molecule has 0 aromatic heterocycles. The highest BCUT2D eigenvalue weighted by Gasteiger charge is 2.39. The third-order valence-electron chi connectivity index (χ3n) is 4.56. The molecule has 0 radical (unpaired) electrons. The minimum atomic E-state index is -0.790. The number of carbonyl (C=O) groups is 2. The van der Waals surface area contributed by atoms with E-state index in [0.717, 1.165) is 32.1 Å². The maximum absolute atomic E-state index is 12.4. The lowest BCUT2D eigenvalue weighted by atomic mass is 9.79. The van der Waals surface area contributed by atoms with Crippen LogP contribution in [-0.2, 0) is 14.3 Å². The van der Waals surface area contributed by atoms with Gasteiger partial charge in [0, 0.05) is 20.1 Å². The molecule has 2 rings (SSSR count). The predicted molar refractivity (Wildman–Crippen MR) is 69.8 cm³/mol. The number of ether oxygens (including phenoxy) is 1. The number of nitrogens with zero attached hydrogens (tertiary/aromatic N) is 1. The first-order valence-electron chi connectivity index (χ1n) is 7.08. The molecule has 19 heavy (non-hydrogen) atoms. The Balaban J connectivity index is 1.96. The second-order valence-corrected chi connectivity index (χ2v) is 5.98. The zero-order valence-corrected chi connectivity index (χ0v) is 11.6. The molecule has 0 bridgehead atoms. The van der Waals surface area contributed by atoms with Crippen LogP contribution in [0.2, 0.25) is 0 Å². The van der Waals surface area contributed by atoms with Gasteiger partial charge in [-0.3, -0.25) is 9.59 Å². The third-order valence-corrected chi connectivity index (χ3v) is 4.56. The van der Waals surface area contributed by atoms with Crippen LogP contribution in [0.4, 0.5) is 0 Å². The van der Waals surface area contributed by atoms with E-state index in [0.29, 0.717) is 19.6 Å². The van der Waals surface area contributed by atoms with E-state index >= 15 is 0 Å². The number of carbonyl (C=O) groups excluding carboxylic acids is 1. The zero-order chi connectivity index (χ0) is 13.9. The molecule has 1 atom stereocenters. The van der Waals surface area contributed by atoms with Gasteiger partial charge in [0.05, 0.1) is 19.1 Å². The summed E-state index contributed by atoms with van der Waals surface area (Å²) in [5, 5.41) is 9.06. The Morgan fingerprint density at radius 2 is 2.00 bits per heavy atom. The normalized spacial score (nSPS) is 25.4. The average Bonchev–Trinajstić information content (AvgIpc) is 2.98. The van der Waals surface area contributed by atoms with Crippen molar-refractivity contribution >= 4 is 11.9 Å². The van der Waals surface area contributed by atoms with Gasteiger partial charge >= 0.3 is 5.97 Å². The fourth-order valence-electron chi connectivity index (χ4n) is 3.34. The lowest BCUT2D eigenvalue weighted by Gasteiger charge is -2.31. The van der Waals surface area contributed by atoms with Crippen molar-refractivity contribution < 1.29 is 19.4 Å². The molecule has 1 amide bonds. The molecule has 0 aromatic rings. The quantitative estimate of drug-likeness (QED) is 0.824. The zero-order valence-electron chi connectivity index (χ0n) is 11.6. The van der Waals surface area contributed by atoms with Gasteiger partial charge in [0.1, 0.15) is 0 Å². The van der Waals surface area contributed by atoms with Crippen LogP contribution >= 0.6 is 0 Å². The molecule has 5 nitrogen and oxygen atoms in total. The van der Waals surface area contributed by atoms with Crippen molar-refractivity contribution in [3.63, 3.8) is 0 Å². The van der Waals surface area contributed by atoms with Gasteiger partial charge in [0.2, 0.25) is 5.91 Å². The standard InChI is InChI=1S/C14H23NO4/c1-15(11-4-7-19-10-11)12(16)8-14(9-13(17)18)5-2-3-6-14/h11H,2-10H2,1H3,(H,17,18). The molecule has 1 unspecified atom stereocenters. The van der Waals surface area contributed by atoms with Gasteiger partial charge in [-0.05, 0) is 24.7 Å². The maximum Gasteiger partial charge on any atom is 0.303 e. The molecule has 0 aromatic carbocycles. The van der Waals surface area contributed by atoms with Crippen molar-refractivity contribution in [1.29, 1.82) is 0 Å². The number of carboxylic acids is 1. The second kappa shape index (κ2) is 5.90. The number of hydrogen-bond donors (Lipinski definition) is 1. The summed E-state index contributed by atoms with van der Waals surface area (Å²) in [6.45, 7) is 1.32. The molecular weight excluding hydrogens is 246 g/mol. The molecule has 0 spiro atoms. The van der Waals surface area contributed by atoms with E-state index in [2.05, 4.69) is 0 Å². The summed E-state index contributed by atoms with van der Waals surface area (Å²) in [6, 6.07) is 0.163. The number of hydrogen-bond acceptors (Lipinski definition) is 3. The van der Waals surface area contributed by atoms with Gasteiger partial charge < -0.3 is 14.7 Å².